The number of methoxy groups -OCH3 is 1. The molecule has 5 rings (SSSR count). The fourth-order valence-electron chi connectivity index (χ4n) is 5.65. The van der Waals surface area contributed by atoms with Crippen LogP contribution in [0.2, 0.25) is 0 Å². The largest absolute Gasteiger partial charge is 0.497 e. The van der Waals surface area contributed by atoms with Crippen molar-refractivity contribution in [2.75, 3.05) is 38.3 Å². The summed E-state index contributed by atoms with van der Waals surface area (Å²) in [5, 5.41) is 0. The number of carbonyl (C=O) groups excluding carboxylic acids is 1. The molecule has 1 fully saturated rings. The molecule has 0 aliphatic carbocycles. The second kappa shape index (κ2) is 8.87. The van der Waals surface area contributed by atoms with E-state index in [0.29, 0.717) is 38.4 Å². The van der Waals surface area contributed by atoms with Crippen LogP contribution in [0.5, 0.6) is 5.75 Å². The number of rotatable bonds is 2. The van der Waals surface area contributed by atoms with Crippen molar-refractivity contribution in [2.45, 2.75) is 57.5 Å². The van der Waals surface area contributed by atoms with Gasteiger partial charge in [0.15, 0.2) is 0 Å². The van der Waals surface area contributed by atoms with Gasteiger partial charge in [0.05, 0.1) is 25.9 Å². The Morgan fingerprint density at radius 2 is 1.89 bits per heavy atom. The van der Waals surface area contributed by atoms with Gasteiger partial charge in [0.25, 0.3) is 0 Å². The molecule has 3 heterocycles. The third kappa shape index (κ3) is 4.49. The smallest absolute Gasteiger partial charge is 0.417 e. The van der Waals surface area contributed by atoms with Gasteiger partial charge in [0, 0.05) is 42.8 Å². The van der Waals surface area contributed by atoms with Crippen LogP contribution in [0, 0.1) is 0 Å². The van der Waals surface area contributed by atoms with Crippen molar-refractivity contribution in [2.24, 2.45) is 0 Å². The molecule has 36 heavy (non-hydrogen) atoms. The Labute approximate surface area is 208 Å². The van der Waals surface area contributed by atoms with Crippen LogP contribution in [0.25, 0.3) is 11.1 Å². The molecule has 0 unspecified atom stereocenters. The first-order valence-corrected chi connectivity index (χ1v) is 12.2. The van der Waals surface area contributed by atoms with E-state index in [-0.39, 0.29) is 29.4 Å². The van der Waals surface area contributed by atoms with Gasteiger partial charge >= 0.3 is 12.3 Å². The van der Waals surface area contributed by atoms with Crippen LogP contribution in [0.15, 0.2) is 30.3 Å². The summed E-state index contributed by atoms with van der Waals surface area (Å²) in [5.74, 6) is 0.130. The number of carbonyl (C=O) groups is 1. The molecular formula is C27H31F3N2O4. The summed E-state index contributed by atoms with van der Waals surface area (Å²) in [6.07, 6.45) is -4.15. The number of ether oxygens (including phenoxy) is 3. The predicted molar refractivity (Wildman–Crippen MR) is 129 cm³/mol. The van der Waals surface area contributed by atoms with E-state index in [1.165, 1.54) is 13.2 Å². The molecule has 0 aromatic heterocycles. The maximum Gasteiger partial charge on any atom is 0.417 e. The van der Waals surface area contributed by atoms with E-state index in [0.717, 1.165) is 29.3 Å². The maximum absolute atomic E-state index is 14.0. The highest BCUT2D eigenvalue weighted by Crippen LogP contribution is 2.50. The lowest BCUT2D eigenvalue weighted by Gasteiger charge is -2.39. The third-order valence-corrected chi connectivity index (χ3v) is 7.11. The highest BCUT2D eigenvalue weighted by molar-refractivity contribution is 5.78. The molecule has 3 aliphatic heterocycles. The van der Waals surface area contributed by atoms with Crippen LogP contribution in [0.4, 0.5) is 23.7 Å². The van der Waals surface area contributed by atoms with Crippen molar-refractivity contribution in [3.05, 3.63) is 47.0 Å². The number of fused-ring (bicyclic) bond motifs is 3. The third-order valence-electron chi connectivity index (χ3n) is 7.11. The Morgan fingerprint density at radius 1 is 1.11 bits per heavy atom. The molecular weight excluding hydrogens is 473 g/mol. The molecule has 0 N–H and O–H groups in total. The molecule has 1 saturated heterocycles. The zero-order chi connectivity index (χ0) is 25.8. The quantitative estimate of drug-likeness (QED) is 0.516. The normalized spacial score (nSPS) is 21.5. The second-order valence-corrected chi connectivity index (χ2v) is 10.6. The molecule has 2 aromatic rings. The summed E-state index contributed by atoms with van der Waals surface area (Å²) >= 11 is 0. The van der Waals surface area contributed by atoms with Gasteiger partial charge in [-0.25, -0.2) is 4.79 Å². The zero-order valence-electron chi connectivity index (χ0n) is 20.9. The molecule has 2 atom stereocenters. The highest BCUT2D eigenvalue weighted by Gasteiger charge is 2.45. The van der Waals surface area contributed by atoms with Crippen molar-refractivity contribution < 1.29 is 32.2 Å². The number of hydrogen-bond donors (Lipinski definition) is 0. The minimum atomic E-state index is -4.54. The minimum absolute atomic E-state index is 0.0225. The number of hydrogen-bond acceptors (Lipinski definition) is 5. The van der Waals surface area contributed by atoms with E-state index >= 15 is 0 Å². The Hall–Kier alpha value is -2.94. The Kier molecular flexibility index (Phi) is 6.09. The van der Waals surface area contributed by atoms with Crippen molar-refractivity contribution >= 4 is 11.8 Å². The van der Waals surface area contributed by atoms with Crippen LogP contribution in [-0.2, 0) is 22.3 Å². The molecule has 0 spiro atoms. The number of amides is 1. The lowest BCUT2D eigenvalue weighted by atomic mass is 9.86. The van der Waals surface area contributed by atoms with Crippen LogP contribution in [0.3, 0.4) is 0 Å². The van der Waals surface area contributed by atoms with Crippen LogP contribution in [-0.4, -0.2) is 56.0 Å². The highest BCUT2D eigenvalue weighted by atomic mass is 19.4. The molecule has 6 nitrogen and oxygen atoms in total. The number of likely N-dealkylation sites (tertiary alicyclic amines) is 1. The number of anilines is 1. The monoisotopic (exact) mass is 504 g/mol. The van der Waals surface area contributed by atoms with Gasteiger partial charge in [-0.3, -0.25) is 0 Å². The molecule has 0 bridgehead atoms. The second-order valence-electron chi connectivity index (χ2n) is 10.6. The molecule has 0 radical (unpaired) electrons. The number of alkyl halides is 3. The molecule has 3 aliphatic rings. The van der Waals surface area contributed by atoms with E-state index in [1.807, 2.05) is 32.9 Å². The van der Waals surface area contributed by atoms with Gasteiger partial charge in [-0.1, -0.05) is 6.07 Å². The van der Waals surface area contributed by atoms with Gasteiger partial charge in [-0.15, -0.1) is 0 Å². The van der Waals surface area contributed by atoms with E-state index in [1.54, 1.807) is 11.0 Å². The summed E-state index contributed by atoms with van der Waals surface area (Å²) in [6.45, 7) is 8.12. The first kappa shape index (κ1) is 24.7. The lowest BCUT2D eigenvalue weighted by Crippen LogP contribution is -2.49. The number of benzene rings is 2. The molecule has 1 amide bonds. The average molecular weight is 505 g/mol. The zero-order valence-corrected chi connectivity index (χ0v) is 20.9. The number of halogens is 3. The van der Waals surface area contributed by atoms with Gasteiger partial charge in [0.2, 0.25) is 0 Å². The Morgan fingerprint density at radius 3 is 2.58 bits per heavy atom. The van der Waals surface area contributed by atoms with Crippen LogP contribution in [0.1, 0.15) is 49.8 Å². The lowest BCUT2D eigenvalue weighted by molar-refractivity contribution is -0.137. The Balaban J connectivity index is 1.59. The van der Waals surface area contributed by atoms with E-state index in [4.69, 9.17) is 14.2 Å². The maximum atomic E-state index is 14.0. The van der Waals surface area contributed by atoms with Gasteiger partial charge in [-0.2, -0.15) is 13.2 Å². The summed E-state index contributed by atoms with van der Waals surface area (Å²) in [6, 6.07) is 7.90. The number of nitrogens with zero attached hydrogens (tertiary/aromatic N) is 2. The summed E-state index contributed by atoms with van der Waals surface area (Å²) < 4.78 is 58.6. The van der Waals surface area contributed by atoms with Crippen molar-refractivity contribution in [3.8, 4) is 16.9 Å². The predicted octanol–water partition coefficient (Wildman–Crippen LogP) is 5.82. The van der Waals surface area contributed by atoms with Gasteiger partial charge in [-0.05, 0) is 68.1 Å². The summed E-state index contributed by atoms with van der Waals surface area (Å²) in [4.78, 5) is 16.9. The first-order valence-electron chi connectivity index (χ1n) is 12.2. The van der Waals surface area contributed by atoms with E-state index in [2.05, 4.69) is 4.90 Å². The van der Waals surface area contributed by atoms with Crippen molar-refractivity contribution in [1.29, 1.82) is 0 Å². The van der Waals surface area contributed by atoms with Crippen molar-refractivity contribution in [3.63, 3.8) is 0 Å². The standard InChI is InChI=1S/C27H31F3N2O4/c1-26(2,3)36-25(33)31-8-7-23-21(14-31)20-12-16(11-17-15-35-10-9-32(23)24(17)20)19-6-5-18(34-4)13-22(19)27(28,29)30/h5-6,11-13,21,23H,7-10,14-15H2,1-4H3/t21-,23-/m0/s1. The number of piperidine rings is 1. The first-order chi connectivity index (χ1) is 17.0. The van der Waals surface area contributed by atoms with E-state index in [9.17, 15) is 18.0 Å². The topological polar surface area (TPSA) is 51.2 Å². The average Bonchev–Trinajstić information content (AvgIpc) is 2.96. The SMILES string of the molecule is COc1ccc(-c2cc3c4c(c2)[C@@H]2CN(C(=O)OC(C)(C)C)CC[C@@H]2N4CCOC3)c(C(F)(F)F)c1. The molecule has 2 aromatic carbocycles. The summed E-state index contributed by atoms with van der Waals surface area (Å²) in [7, 11) is 1.35. The van der Waals surface area contributed by atoms with E-state index < -0.39 is 17.3 Å². The Bertz CT molecular complexity index is 1170. The van der Waals surface area contributed by atoms with Gasteiger partial charge in [0.1, 0.15) is 11.4 Å². The summed E-state index contributed by atoms with van der Waals surface area (Å²) in [5.41, 5.74) is 2.13. The van der Waals surface area contributed by atoms with Gasteiger partial charge < -0.3 is 24.0 Å². The van der Waals surface area contributed by atoms with Crippen molar-refractivity contribution in [1.82, 2.24) is 4.90 Å². The van der Waals surface area contributed by atoms with Crippen LogP contribution < -0.4 is 9.64 Å². The van der Waals surface area contributed by atoms with Crippen LogP contribution >= 0.6 is 0 Å². The fourth-order valence-corrected chi connectivity index (χ4v) is 5.65. The molecule has 0 saturated carbocycles. The fraction of sp³-hybridized carbons (Fsp3) is 0.519. The molecule has 194 valence electrons. The minimum Gasteiger partial charge on any atom is -0.497 e. The molecule has 9 heteroatoms.